The molecule has 1 aliphatic rings. The summed E-state index contributed by atoms with van der Waals surface area (Å²) in [6, 6.07) is 0.0372. The summed E-state index contributed by atoms with van der Waals surface area (Å²) in [4.78, 5) is 0. The predicted octanol–water partition coefficient (Wildman–Crippen LogP) is 0.505. The van der Waals surface area contributed by atoms with E-state index in [1.165, 1.54) is 0 Å². The maximum atomic E-state index is 12.2. The maximum absolute atomic E-state index is 12.2. The van der Waals surface area contributed by atoms with Crippen LogP contribution in [0.3, 0.4) is 0 Å². The number of alkyl halides is 2. The topological polar surface area (TPSA) is 52.5 Å². The molecule has 0 heterocycles. The fourth-order valence-corrected chi connectivity index (χ4v) is 1.57. The Balaban J connectivity index is 2.22. The van der Waals surface area contributed by atoms with Crippen molar-refractivity contribution >= 4 is 0 Å². The van der Waals surface area contributed by atoms with Gasteiger partial charge in [-0.2, -0.15) is 0 Å². The molecule has 0 aromatic heterocycles. The van der Waals surface area contributed by atoms with E-state index in [1.807, 2.05) is 0 Å². The molecule has 3 N–H and O–H groups in total. The summed E-state index contributed by atoms with van der Waals surface area (Å²) in [6.07, 6.45) is -1.66. The number of hydrogen-bond donors (Lipinski definition) is 3. The van der Waals surface area contributed by atoms with E-state index < -0.39 is 17.6 Å². The number of nitrogens with one attached hydrogen (secondary N) is 1. The predicted molar refractivity (Wildman–Crippen MR) is 48.3 cm³/mol. The fourth-order valence-electron chi connectivity index (χ4n) is 1.57. The molecule has 1 atom stereocenters. The SMILES string of the molecule is CC1(O)CC(NCC(C)(O)C(F)F)C1. The first-order valence-electron chi connectivity index (χ1n) is 4.69. The molecule has 1 saturated carbocycles. The van der Waals surface area contributed by atoms with Crippen molar-refractivity contribution in [2.24, 2.45) is 0 Å². The van der Waals surface area contributed by atoms with Crippen molar-refractivity contribution in [1.29, 1.82) is 0 Å². The van der Waals surface area contributed by atoms with Crippen LogP contribution in [-0.2, 0) is 0 Å². The van der Waals surface area contributed by atoms with Crippen LogP contribution in [0.15, 0.2) is 0 Å². The van der Waals surface area contributed by atoms with Gasteiger partial charge in [-0.15, -0.1) is 0 Å². The Morgan fingerprint density at radius 2 is 2.07 bits per heavy atom. The molecule has 1 fully saturated rings. The van der Waals surface area contributed by atoms with Crippen molar-refractivity contribution in [2.75, 3.05) is 6.54 Å². The highest BCUT2D eigenvalue weighted by molar-refractivity contribution is 4.96. The first-order chi connectivity index (χ1) is 6.23. The molecule has 0 saturated heterocycles. The van der Waals surface area contributed by atoms with Gasteiger partial charge in [-0.1, -0.05) is 0 Å². The molecule has 0 aliphatic heterocycles. The molecule has 1 unspecified atom stereocenters. The minimum absolute atomic E-state index is 0.0372. The third-order valence-corrected chi connectivity index (χ3v) is 2.59. The summed E-state index contributed by atoms with van der Waals surface area (Å²) < 4.78 is 24.4. The van der Waals surface area contributed by atoms with Crippen LogP contribution in [0.25, 0.3) is 0 Å². The Morgan fingerprint density at radius 3 is 2.43 bits per heavy atom. The van der Waals surface area contributed by atoms with Crippen LogP contribution in [0, 0.1) is 0 Å². The van der Waals surface area contributed by atoms with E-state index in [-0.39, 0.29) is 12.6 Å². The fraction of sp³-hybridized carbons (Fsp3) is 1.00. The molecule has 0 amide bonds. The molecule has 5 heteroatoms. The van der Waals surface area contributed by atoms with Crippen LogP contribution in [0.2, 0.25) is 0 Å². The van der Waals surface area contributed by atoms with Crippen molar-refractivity contribution in [2.45, 2.75) is 50.4 Å². The van der Waals surface area contributed by atoms with Gasteiger partial charge in [0.15, 0.2) is 0 Å². The largest absolute Gasteiger partial charge is 0.390 e. The van der Waals surface area contributed by atoms with Crippen LogP contribution < -0.4 is 5.32 Å². The second-order valence-electron chi connectivity index (χ2n) is 4.64. The molecule has 0 aromatic rings. The van der Waals surface area contributed by atoms with Crippen LogP contribution >= 0.6 is 0 Å². The third-order valence-electron chi connectivity index (χ3n) is 2.59. The highest BCUT2D eigenvalue weighted by Crippen LogP contribution is 2.31. The molecular weight excluding hydrogens is 192 g/mol. The number of hydrogen-bond acceptors (Lipinski definition) is 3. The number of aliphatic hydroxyl groups is 2. The average Bonchev–Trinajstić information content (AvgIpc) is 1.96. The summed E-state index contributed by atoms with van der Waals surface area (Å²) in [6.45, 7) is 2.66. The van der Waals surface area contributed by atoms with Gasteiger partial charge in [0.05, 0.1) is 5.60 Å². The van der Waals surface area contributed by atoms with Gasteiger partial charge < -0.3 is 15.5 Å². The highest BCUT2D eigenvalue weighted by Gasteiger charge is 2.40. The van der Waals surface area contributed by atoms with Crippen molar-refractivity contribution in [3.8, 4) is 0 Å². The van der Waals surface area contributed by atoms with E-state index in [0.717, 1.165) is 6.92 Å². The first kappa shape index (κ1) is 11.8. The van der Waals surface area contributed by atoms with Gasteiger partial charge in [0.2, 0.25) is 0 Å². The molecular formula is C9H17F2NO2. The lowest BCUT2D eigenvalue weighted by atomic mass is 9.77. The molecule has 1 aliphatic carbocycles. The average molecular weight is 209 g/mol. The first-order valence-corrected chi connectivity index (χ1v) is 4.69. The van der Waals surface area contributed by atoms with E-state index in [2.05, 4.69) is 5.32 Å². The number of rotatable bonds is 4. The smallest absolute Gasteiger partial charge is 0.267 e. The van der Waals surface area contributed by atoms with Gasteiger partial charge >= 0.3 is 0 Å². The summed E-state index contributed by atoms with van der Waals surface area (Å²) in [5, 5.41) is 21.4. The molecule has 1 rings (SSSR count). The van der Waals surface area contributed by atoms with Gasteiger partial charge in [0.25, 0.3) is 6.43 Å². The lowest BCUT2D eigenvalue weighted by Gasteiger charge is -2.42. The molecule has 14 heavy (non-hydrogen) atoms. The zero-order valence-electron chi connectivity index (χ0n) is 8.43. The Bertz CT molecular complexity index is 199. The molecule has 84 valence electrons. The van der Waals surface area contributed by atoms with Crippen LogP contribution in [0.4, 0.5) is 8.78 Å². The summed E-state index contributed by atoms with van der Waals surface area (Å²) in [7, 11) is 0. The standard InChI is InChI=1S/C9H17F2NO2/c1-8(13)3-6(4-8)12-5-9(2,14)7(10)11/h6-7,12-14H,3-5H2,1-2H3. The summed E-state index contributed by atoms with van der Waals surface area (Å²) in [5.74, 6) is 0. The van der Waals surface area contributed by atoms with Gasteiger partial charge in [0, 0.05) is 12.6 Å². The Labute approximate surface area is 82.1 Å². The number of halogens is 2. The van der Waals surface area contributed by atoms with Crippen LogP contribution in [0.5, 0.6) is 0 Å². The van der Waals surface area contributed by atoms with Gasteiger partial charge in [-0.05, 0) is 26.7 Å². The van der Waals surface area contributed by atoms with Crippen LogP contribution in [-0.4, -0.2) is 40.4 Å². The Morgan fingerprint density at radius 1 is 1.57 bits per heavy atom. The highest BCUT2D eigenvalue weighted by atomic mass is 19.3. The van der Waals surface area contributed by atoms with E-state index in [4.69, 9.17) is 0 Å². The van der Waals surface area contributed by atoms with E-state index in [0.29, 0.717) is 12.8 Å². The lowest BCUT2D eigenvalue weighted by molar-refractivity contribution is -0.0916. The second-order valence-corrected chi connectivity index (χ2v) is 4.64. The summed E-state index contributed by atoms with van der Waals surface area (Å²) >= 11 is 0. The van der Waals surface area contributed by atoms with Gasteiger partial charge in [-0.3, -0.25) is 0 Å². The zero-order chi connectivity index (χ0) is 11.0. The molecule has 0 bridgehead atoms. The summed E-state index contributed by atoms with van der Waals surface area (Å²) in [5.41, 5.74) is -2.66. The quantitative estimate of drug-likeness (QED) is 0.632. The molecule has 3 nitrogen and oxygen atoms in total. The molecule has 0 aromatic carbocycles. The van der Waals surface area contributed by atoms with E-state index in [9.17, 15) is 19.0 Å². The third kappa shape index (κ3) is 2.87. The minimum Gasteiger partial charge on any atom is -0.390 e. The Hall–Kier alpha value is -0.260. The lowest BCUT2D eigenvalue weighted by Crippen LogP contribution is -2.56. The van der Waals surface area contributed by atoms with Gasteiger partial charge in [-0.25, -0.2) is 8.78 Å². The van der Waals surface area contributed by atoms with Gasteiger partial charge in [0.1, 0.15) is 5.60 Å². The van der Waals surface area contributed by atoms with Crippen molar-refractivity contribution in [3.05, 3.63) is 0 Å². The minimum atomic E-state index is -2.75. The zero-order valence-corrected chi connectivity index (χ0v) is 8.43. The Kier molecular flexibility index (Phi) is 3.13. The second kappa shape index (κ2) is 3.72. The molecule has 0 radical (unpaired) electrons. The van der Waals surface area contributed by atoms with E-state index in [1.54, 1.807) is 6.92 Å². The van der Waals surface area contributed by atoms with Crippen molar-refractivity contribution in [3.63, 3.8) is 0 Å². The monoisotopic (exact) mass is 209 g/mol. The van der Waals surface area contributed by atoms with Crippen LogP contribution in [0.1, 0.15) is 26.7 Å². The van der Waals surface area contributed by atoms with Crippen molar-refractivity contribution < 1.29 is 19.0 Å². The van der Waals surface area contributed by atoms with Crippen molar-refractivity contribution in [1.82, 2.24) is 5.32 Å². The van der Waals surface area contributed by atoms with E-state index >= 15 is 0 Å². The normalized spacial score (nSPS) is 36.6. The molecule has 0 spiro atoms. The maximum Gasteiger partial charge on any atom is 0.267 e.